The monoisotopic (exact) mass is 368 g/mol. The second-order valence-corrected chi connectivity index (χ2v) is 8.45. The molecule has 1 radical (unpaired) electrons. The molecule has 0 aromatic heterocycles. The number of halogens is 1. The number of anilines is 1. The number of fused-ring (bicyclic) bond motifs is 1. The number of nitrogens with two attached hydrogens (primary N) is 1. The fourth-order valence-corrected chi connectivity index (χ4v) is 4.79. The van der Waals surface area contributed by atoms with Gasteiger partial charge in [0.15, 0.2) is 5.12 Å². The molecule has 0 bridgehead atoms. The van der Waals surface area contributed by atoms with E-state index >= 15 is 0 Å². The van der Waals surface area contributed by atoms with Crippen molar-refractivity contribution in [3.63, 3.8) is 0 Å². The van der Waals surface area contributed by atoms with E-state index in [0.29, 0.717) is 22.9 Å². The van der Waals surface area contributed by atoms with E-state index in [1.54, 1.807) is 18.2 Å². The highest BCUT2D eigenvalue weighted by atomic mass is 35.5. The zero-order valence-corrected chi connectivity index (χ0v) is 14.4. The molecule has 1 aromatic rings. The van der Waals surface area contributed by atoms with Crippen LogP contribution in [0.25, 0.3) is 0 Å². The number of benzene rings is 1. The summed E-state index contributed by atoms with van der Waals surface area (Å²) in [4.78, 5) is 11.8. The van der Waals surface area contributed by atoms with Crippen LogP contribution in [0, 0.1) is 0 Å². The second-order valence-electron chi connectivity index (χ2n) is 4.36. The molecular formula is C11H15ClN3O3S3. The van der Waals surface area contributed by atoms with E-state index in [9.17, 15) is 13.2 Å². The van der Waals surface area contributed by atoms with Crippen molar-refractivity contribution in [3.8, 4) is 0 Å². The normalized spacial score (nSPS) is 18.4. The lowest BCUT2D eigenvalue weighted by atomic mass is 10.3. The Hall–Kier alpha value is -0.450. The number of thiol groups is 1. The van der Waals surface area contributed by atoms with Crippen LogP contribution in [-0.2, 0) is 15.0 Å². The third-order valence-electron chi connectivity index (χ3n) is 2.76. The number of nitrogens with zero attached hydrogens (tertiary/aromatic N) is 1. The van der Waals surface area contributed by atoms with Crippen molar-refractivity contribution >= 4 is 56.3 Å². The van der Waals surface area contributed by atoms with Gasteiger partial charge in [0.1, 0.15) is 6.17 Å². The Morgan fingerprint density at radius 1 is 1.57 bits per heavy atom. The van der Waals surface area contributed by atoms with Gasteiger partial charge in [0.05, 0.1) is 5.69 Å². The molecule has 21 heavy (non-hydrogen) atoms. The minimum absolute atomic E-state index is 0.00559. The largest absolute Gasteiger partial charge is 0.300 e. The molecule has 1 aromatic carbocycles. The number of nitrogens with one attached hydrogen (secondary N) is 1. The Morgan fingerprint density at radius 3 is 2.90 bits per heavy atom. The Balaban J connectivity index is 2.29. The van der Waals surface area contributed by atoms with Crippen molar-refractivity contribution in [1.29, 1.82) is 0 Å². The van der Waals surface area contributed by atoms with Gasteiger partial charge in [0, 0.05) is 22.6 Å². The van der Waals surface area contributed by atoms with Gasteiger partial charge in [-0.1, -0.05) is 23.4 Å². The lowest BCUT2D eigenvalue weighted by molar-refractivity contribution is -0.109. The molecule has 1 unspecified atom stereocenters. The molecule has 3 N–H and O–H groups in total. The molecule has 0 amide bonds. The van der Waals surface area contributed by atoms with Gasteiger partial charge < -0.3 is 0 Å². The fourth-order valence-electron chi connectivity index (χ4n) is 1.94. The number of thioether (sulfide) groups is 1. The molecule has 1 aliphatic heterocycles. The summed E-state index contributed by atoms with van der Waals surface area (Å²) < 4.78 is 28.0. The fraction of sp³-hybridized carbons (Fsp3) is 0.364. The maximum atomic E-state index is 11.9. The molecule has 1 aliphatic rings. The molecule has 1 atom stereocenters. The summed E-state index contributed by atoms with van der Waals surface area (Å²) in [7, 11) is -3.94. The zero-order valence-electron chi connectivity index (χ0n) is 11.1. The van der Waals surface area contributed by atoms with Gasteiger partial charge in [-0.15, -0.1) is 11.9 Å². The average Bonchev–Trinajstić information content (AvgIpc) is 2.36. The van der Waals surface area contributed by atoms with Gasteiger partial charge in [-0.25, -0.2) is 14.2 Å². The van der Waals surface area contributed by atoms with Crippen LogP contribution in [0.4, 0.5) is 5.69 Å². The summed E-state index contributed by atoms with van der Waals surface area (Å²) in [5, 5.41) is 5.77. The van der Waals surface area contributed by atoms with Crippen molar-refractivity contribution in [3.05, 3.63) is 23.2 Å². The van der Waals surface area contributed by atoms with E-state index in [4.69, 9.17) is 16.7 Å². The molecule has 0 spiro atoms. The lowest BCUT2D eigenvalue weighted by Gasteiger charge is -2.37. The van der Waals surface area contributed by atoms with Crippen LogP contribution in [0.1, 0.15) is 13.3 Å². The zero-order chi connectivity index (χ0) is 15.6. The average molecular weight is 369 g/mol. The maximum absolute atomic E-state index is 11.9. The van der Waals surface area contributed by atoms with E-state index in [1.807, 2.05) is 0 Å². The van der Waals surface area contributed by atoms with Gasteiger partial charge in [0.2, 0.25) is 0 Å². The molecule has 0 saturated carbocycles. The quantitative estimate of drug-likeness (QED) is 0.703. The molecule has 2 rings (SSSR count). The first-order valence-electron chi connectivity index (χ1n) is 6.00. The SMILES string of the molecule is CC(=O)SCCC1N[SH]c2ccc(Cl)cc2N1S(N)(=O)=O. The molecule has 6 nitrogen and oxygen atoms in total. The third kappa shape index (κ3) is 4.27. The molecule has 1 heterocycles. The summed E-state index contributed by atoms with van der Waals surface area (Å²) in [6, 6.07) is 5.04. The molecule has 0 fully saturated rings. The minimum atomic E-state index is -3.94. The highest BCUT2D eigenvalue weighted by Crippen LogP contribution is 2.38. The first-order valence-corrected chi connectivity index (χ1v) is 9.76. The highest BCUT2D eigenvalue weighted by Gasteiger charge is 2.32. The van der Waals surface area contributed by atoms with Crippen molar-refractivity contribution in [1.82, 2.24) is 4.72 Å². The van der Waals surface area contributed by atoms with E-state index in [2.05, 4.69) is 4.72 Å². The van der Waals surface area contributed by atoms with Gasteiger partial charge in [-0.3, -0.25) is 4.79 Å². The van der Waals surface area contributed by atoms with Gasteiger partial charge in [-0.2, -0.15) is 8.42 Å². The van der Waals surface area contributed by atoms with Crippen LogP contribution in [0.3, 0.4) is 0 Å². The van der Waals surface area contributed by atoms with E-state index < -0.39 is 16.4 Å². The molecule has 117 valence electrons. The van der Waals surface area contributed by atoms with Crippen LogP contribution in [0.2, 0.25) is 5.02 Å². The molecular weight excluding hydrogens is 354 g/mol. The predicted molar refractivity (Wildman–Crippen MR) is 89.0 cm³/mol. The third-order valence-corrected chi connectivity index (χ3v) is 5.89. The van der Waals surface area contributed by atoms with Crippen LogP contribution in [-0.4, -0.2) is 25.5 Å². The Morgan fingerprint density at radius 2 is 2.29 bits per heavy atom. The first kappa shape index (κ1) is 16.9. The number of carbonyl (C=O) groups excluding carboxylic acids is 1. The summed E-state index contributed by atoms with van der Waals surface area (Å²) in [6.07, 6.45) is -0.0425. The molecule has 10 heteroatoms. The Bertz CT molecular complexity index is 653. The van der Waals surface area contributed by atoms with Gasteiger partial charge >= 0.3 is 0 Å². The Kier molecular flexibility index (Phi) is 5.44. The van der Waals surface area contributed by atoms with Crippen molar-refractivity contribution in [2.45, 2.75) is 24.4 Å². The van der Waals surface area contributed by atoms with E-state index in [0.717, 1.165) is 32.9 Å². The summed E-state index contributed by atoms with van der Waals surface area (Å²) in [6.45, 7) is 1.48. The van der Waals surface area contributed by atoms with Crippen LogP contribution in [0.15, 0.2) is 23.1 Å². The lowest BCUT2D eigenvalue weighted by Crippen LogP contribution is -2.52. The Labute approximate surface area is 137 Å². The van der Waals surface area contributed by atoms with E-state index in [-0.39, 0.29) is 5.12 Å². The van der Waals surface area contributed by atoms with Gasteiger partial charge in [-0.05, 0) is 24.6 Å². The molecule has 0 aliphatic carbocycles. The minimum Gasteiger partial charge on any atom is -0.288 e. The van der Waals surface area contributed by atoms with Crippen molar-refractivity contribution < 1.29 is 13.2 Å². The standard InChI is InChI=1S/C11H15ClN3O3S3/c1-7(16)19-5-4-11-14-20-10-3-2-8(12)6-9(10)15(11)21(13,17)18/h2-3,6,11,14,20H,4-5H2,1H3,(H2,13,17,18). The number of carbonyl (C=O) groups is 1. The van der Waals surface area contributed by atoms with Crippen molar-refractivity contribution in [2.24, 2.45) is 5.14 Å². The molecule has 0 saturated heterocycles. The summed E-state index contributed by atoms with van der Waals surface area (Å²) in [5.41, 5.74) is 0.475. The van der Waals surface area contributed by atoms with Gasteiger partial charge in [0.25, 0.3) is 10.2 Å². The second kappa shape index (κ2) is 6.76. The topological polar surface area (TPSA) is 92.5 Å². The van der Waals surface area contributed by atoms with Crippen LogP contribution < -0.4 is 14.2 Å². The van der Waals surface area contributed by atoms with Crippen LogP contribution >= 0.6 is 35.3 Å². The predicted octanol–water partition coefficient (Wildman–Crippen LogP) is 1.69. The van der Waals surface area contributed by atoms with Crippen molar-refractivity contribution in [2.75, 3.05) is 10.1 Å². The van der Waals surface area contributed by atoms with E-state index in [1.165, 1.54) is 6.92 Å². The first-order chi connectivity index (χ1) is 9.79. The number of rotatable bonds is 4. The van der Waals surface area contributed by atoms with Crippen LogP contribution in [0.5, 0.6) is 0 Å². The number of hydrogen-bond donors (Lipinski definition) is 3. The summed E-state index contributed by atoms with van der Waals surface area (Å²) >= 11 is 7.89. The smallest absolute Gasteiger partial charge is 0.288 e. The summed E-state index contributed by atoms with van der Waals surface area (Å²) in [5.74, 6) is 0.504. The number of hydrogen-bond acceptors (Lipinski definition) is 5. The maximum Gasteiger partial charge on any atom is 0.300 e. The highest BCUT2D eigenvalue weighted by molar-refractivity contribution is 8.13.